The number of alkyl halides is 1. The number of hydrogen-bond acceptors (Lipinski definition) is 1. The molecule has 2 nitrogen and oxygen atoms in total. The van der Waals surface area contributed by atoms with Crippen LogP contribution in [0.15, 0.2) is 0 Å². The van der Waals surface area contributed by atoms with Crippen LogP contribution in [0.2, 0.25) is 0 Å². The van der Waals surface area contributed by atoms with E-state index in [9.17, 15) is 4.79 Å². The first-order valence-electron chi connectivity index (χ1n) is 7.09. The Labute approximate surface area is 113 Å². The van der Waals surface area contributed by atoms with Crippen LogP contribution in [-0.2, 0) is 4.79 Å². The lowest BCUT2D eigenvalue weighted by Gasteiger charge is -2.30. The van der Waals surface area contributed by atoms with E-state index in [0.29, 0.717) is 22.7 Å². The summed E-state index contributed by atoms with van der Waals surface area (Å²) in [6.07, 6.45) is 9.34. The summed E-state index contributed by atoms with van der Waals surface area (Å²) in [4.78, 5) is 12.8. The molecule has 1 N–H and O–H groups in total. The largest absolute Gasteiger partial charge is 0.353 e. The van der Waals surface area contributed by atoms with Gasteiger partial charge in [0.15, 0.2) is 0 Å². The molecule has 0 bridgehead atoms. The SMILES string of the molecule is CC1CCC(C(=O)NC2CCC(Br)CC2)CC1. The van der Waals surface area contributed by atoms with Crippen LogP contribution in [0.4, 0.5) is 0 Å². The molecular weight excluding hydrogens is 278 g/mol. The zero-order chi connectivity index (χ0) is 12.3. The number of carbonyl (C=O) groups excluding carboxylic acids is 1. The summed E-state index contributed by atoms with van der Waals surface area (Å²) < 4.78 is 0. The maximum Gasteiger partial charge on any atom is 0.223 e. The normalized spacial score (nSPS) is 38.7. The van der Waals surface area contributed by atoms with Gasteiger partial charge in [0, 0.05) is 16.8 Å². The smallest absolute Gasteiger partial charge is 0.223 e. The first kappa shape index (κ1) is 13.4. The Bertz CT molecular complexity index is 253. The molecule has 0 saturated heterocycles. The van der Waals surface area contributed by atoms with E-state index >= 15 is 0 Å². The van der Waals surface area contributed by atoms with Crippen LogP contribution in [0.5, 0.6) is 0 Å². The quantitative estimate of drug-likeness (QED) is 0.775. The highest BCUT2D eigenvalue weighted by Gasteiger charge is 2.27. The molecule has 2 aliphatic carbocycles. The van der Waals surface area contributed by atoms with Gasteiger partial charge in [-0.3, -0.25) is 4.79 Å². The van der Waals surface area contributed by atoms with Crippen LogP contribution in [0.1, 0.15) is 58.3 Å². The van der Waals surface area contributed by atoms with E-state index in [1.807, 2.05) is 0 Å². The van der Waals surface area contributed by atoms with Crippen molar-refractivity contribution in [2.24, 2.45) is 11.8 Å². The molecule has 0 aliphatic heterocycles. The number of hydrogen-bond donors (Lipinski definition) is 1. The second-order valence-electron chi connectivity index (χ2n) is 5.91. The zero-order valence-corrected chi connectivity index (χ0v) is 12.3. The van der Waals surface area contributed by atoms with E-state index in [2.05, 4.69) is 28.2 Å². The molecular formula is C14H24BrNO. The van der Waals surface area contributed by atoms with Crippen LogP contribution in [0.25, 0.3) is 0 Å². The van der Waals surface area contributed by atoms with Gasteiger partial charge in [-0.15, -0.1) is 0 Å². The van der Waals surface area contributed by atoms with Gasteiger partial charge in [0.2, 0.25) is 5.91 Å². The molecule has 0 aromatic heterocycles. The minimum absolute atomic E-state index is 0.299. The van der Waals surface area contributed by atoms with Crippen LogP contribution in [-0.4, -0.2) is 16.8 Å². The van der Waals surface area contributed by atoms with Gasteiger partial charge in [-0.1, -0.05) is 22.9 Å². The molecule has 2 fully saturated rings. The highest BCUT2D eigenvalue weighted by Crippen LogP contribution is 2.29. The average molecular weight is 302 g/mol. The van der Waals surface area contributed by atoms with E-state index in [-0.39, 0.29) is 0 Å². The number of rotatable bonds is 2. The van der Waals surface area contributed by atoms with Gasteiger partial charge >= 0.3 is 0 Å². The second-order valence-corrected chi connectivity index (χ2v) is 7.21. The van der Waals surface area contributed by atoms with Gasteiger partial charge in [0.25, 0.3) is 0 Å². The standard InChI is InChI=1S/C14H24BrNO/c1-10-2-4-11(5-3-10)14(17)16-13-8-6-12(15)7-9-13/h10-13H,2-9H2,1H3,(H,16,17). The van der Waals surface area contributed by atoms with E-state index in [4.69, 9.17) is 0 Å². The topological polar surface area (TPSA) is 29.1 Å². The van der Waals surface area contributed by atoms with E-state index in [1.165, 1.54) is 25.7 Å². The summed E-state index contributed by atoms with van der Waals surface area (Å²) in [5.41, 5.74) is 0. The van der Waals surface area contributed by atoms with Gasteiger partial charge in [-0.2, -0.15) is 0 Å². The molecule has 0 heterocycles. The highest BCUT2D eigenvalue weighted by molar-refractivity contribution is 9.09. The van der Waals surface area contributed by atoms with E-state index in [0.717, 1.165) is 31.6 Å². The average Bonchev–Trinajstić information content (AvgIpc) is 2.33. The fraction of sp³-hybridized carbons (Fsp3) is 0.929. The number of carbonyl (C=O) groups is 1. The van der Waals surface area contributed by atoms with Crippen molar-refractivity contribution in [1.82, 2.24) is 5.32 Å². The van der Waals surface area contributed by atoms with Gasteiger partial charge in [0.1, 0.15) is 0 Å². The highest BCUT2D eigenvalue weighted by atomic mass is 79.9. The first-order chi connectivity index (χ1) is 8.15. The molecule has 3 heteroatoms. The Morgan fingerprint density at radius 1 is 1.00 bits per heavy atom. The minimum Gasteiger partial charge on any atom is -0.353 e. The van der Waals surface area contributed by atoms with Crippen molar-refractivity contribution in [2.45, 2.75) is 69.2 Å². The summed E-state index contributed by atoms with van der Waals surface area (Å²) in [5, 5.41) is 3.26. The molecule has 17 heavy (non-hydrogen) atoms. The van der Waals surface area contributed by atoms with Gasteiger partial charge in [-0.25, -0.2) is 0 Å². The van der Waals surface area contributed by atoms with Crippen LogP contribution < -0.4 is 5.32 Å². The Morgan fingerprint density at radius 2 is 1.59 bits per heavy atom. The van der Waals surface area contributed by atoms with Crippen molar-refractivity contribution >= 4 is 21.8 Å². The molecule has 1 amide bonds. The fourth-order valence-electron chi connectivity index (χ4n) is 3.04. The van der Waals surface area contributed by atoms with E-state index in [1.54, 1.807) is 0 Å². The predicted molar refractivity (Wildman–Crippen MR) is 74.2 cm³/mol. The lowest BCUT2D eigenvalue weighted by molar-refractivity contribution is -0.127. The molecule has 0 unspecified atom stereocenters. The Hall–Kier alpha value is -0.0500. The monoisotopic (exact) mass is 301 g/mol. The molecule has 0 aromatic rings. The van der Waals surface area contributed by atoms with Crippen molar-refractivity contribution in [3.63, 3.8) is 0 Å². The summed E-state index contributed by atoms with van der Waals surface area (Å²) in [7, 11) is 0. The lowest BCUT2D eigenvalue weighted by Crippen LogP contribution is -2.41. The second kappa shape index (κ2) is 6.21. The summed E-state index contributed by atoms with van der Waals surface area (Å²) in [5.74, 6) is 1.45. The number of nitrogens with one attached hydrogen (secondary N) is 1. The third kappa shape index (κ3) is 3.97. The van der Waals surface area contributed by atoms with Crippen molar-refractivity contribution in [3.05, 3.63) is 0 Å². The van der Waals surface area contributed by atoms with Crippen LogP contribution in [0, 0.1) is 11.8 Å². The molecule has 0 aromatic carbocycles. The number of halogens is 1. The summed E-state index contributed by atoms with van der Waals surface area (Å²) >= 11 is 3.65. The molecule has 0 radical (unpaired) electrons. The lowest BCUT2D eigenvalue weighted by atomic mass is 9.82. The van der Waals surface area contributed by atoms with Crippen LogP contribution >= 0.6 is 15.9 Å². The maximum absolute atomic E-state index is 12.1. The van der Waals surface area contributed by atoms with E-state index < -0.39 is 0 Å². The molecule has 2 aliphatic rings. The van der Waals surface area contributed by atoms with Gasteiger partial charge in [0.05, 0.1) is 0 Å². The van der Waals surface area contributed by atoms with Crippen molar-refractivity contribution < 1.29 is 4.79 Å². The maximum atomic E-state index is 12.1. The zero-order valence-electron chi connectivity index (χ0n) is 10.8. The Morgan fingerprint density at radius 3 is 2.18 bits per heavy atom. The van der Waals surface area contributed by atoms with Gasteiger partial charge in [-0.05, 0) is 57.3 Å². The molecule has 98 valence electrons. The Kier molecular flexibility index (Phi) is 4.89. The fourth-order valence-corrected chi connectivity index (χ4v) is 3.57. The molecule has 0 spiro atoms. The third-order valence-electron chi connectivity index (χ3n) is 4.39. The van der Waals surface area contributed by atoms with Gasteiger partial charge < -0.3 is 5.32 Å². The van der Waals surface area contributed by atoms with Crippen molar-refractivity contribution in [2.75, 3.05) is 0 Å². The number of amides is 1. The van der Waals surface area contributed by atoms with Crippen molar-refractivity contribution in [3.8, 4) is 0 Å². The molecule has 2 saturated carbocycles. The Balaban J connectivity index is 1.73. The minimum atomic E-state index is 0.299. The first-order valence-corrected chi connectivity index (χ1v) is 8.01. The summed E-state index contributed by atoms with van der Waals surface area (Å²) in [6, 6.07) is 0.440. The third-order valence-corrected chi connectivity index (χ3v) is 5.31. The molecule has 2 rings (SSSR count). The molecule has 0 atom stereocenters. The predicted octanol–water partition coefficient (Wildman–Crippen LogP) is 3.64. The van der Waals surface area contributed by atoms with Crippen molar-refractivity contribution in [1.29, 1.82) is 0 Å². The van der Waals surface area contributed by atoms with Crippen LogP contribution in [0.3, 0.4) is 0 Å². The summed E-state index contributed by atoms with van der Waals surface area (Å²) in [6.45, 7) is 2.30.